The lowest BCUT2D eigenvalue weighted by Crippen LogP contribution is -2.41. The molecule has 3 N–H and O–H groups in total. The third-order valence-electron chi connectivity index (χ3n) is 4.10. The number of para-hydroxylation sites is 1. The standard InChI is InChI=1S/C14H13N5O3/c15-13(20)12-11-9(10-7-17(12)14(21)19(10)22)6-18(16-11)8-4-2-1-3-5-8/h1-6,10,12,22H,7H2,(H2,15,20)/t10-,12?/m1/s1. The maximum Gasteiger partial charge on any atom is 0.345 e. The molecule has 0 spiro atoms. The van der Waals surface area contributed by atoms with E-state index in [2.05, 4.69) is 5.10 Å². The zero-order valence-corrected chi connectivity index (χ0v) is 11.5. The molecule has 2 aliphatic rings. The molecule has 2 atom stereocenters. The van der Waals surface area contributed by atoms with Gasteiger partial charge in [-0.3, -0.25) is 10.0 Å². The van der Waals surface area contributed by atoms with Gasteiger partial charge in [-0.05, 0) is 12.1 Å². The summed E-state index contributed by atoms with van der Waals surface area (Å²) in [5.74, 6) is -0.665. The summed E-state index contributed by atoms with van der Waals surface area (Å²) < 4.78 is 1.63. The number of hydrogen-bond acceptors (Lipinski definition) is 4. The number of aromatic nitrogens is 2. The van der Waals surface area contributed by atoms with Crippen molar-refractivity contribution >= 4 is 11.9 Å². The summed E-state index contributed by atoms with van der Waals surface area (Å²) in [7, 11) is 0. The second-order valence-electron chi connectivity index (χ2n) is 5.35. The maximum atomic E-state index is 12.0. The van der Waals surface area contributed by atoms with E-state index in [1.165, 1.54) is 4.90 Å². The van der Waals surface area contributed by atoms with E-state index in [1.54, 1.807) is 10.9 Å². The number of rotatable bonds is 2. The molecule has 3 heterocycles. The lowest BCUT2D eigenvalue weighted by Gasteiger charge is -2.26. The molecule has 1 saturated heterocycles. The van der Waals surface area contributed by atoms with Gasteiger partial charge in [-0.15, -0.1) is 0 Å². The Kier molecular flexibility index (Phi) is 2.52. The van der Waals surface area contributed by atoms with Crippen LogP contribution in [0.2, 0.25) is 0 Å². The number of carbonyl (C=O) groups is 2. The monoisotopic (exact) mass is 299 g/mol. The molecular formula is C14H13N5O3. The molecule has 3 amide bonds. The smallest absolute Gasteiger partial charge is 0.345 e. The second-order valence-corrected chi connectivity index (χ2v) is 5.35. The number of nitrogens with zero attached hydrogens (tertiary/aromatic N) is 4. The molecule has 4 rings (SSSR count). The van der Waals surface area contributed by atoms with Gasteiger partial charge in [-0.2, -0.15) is 10.2 Å². The molecule has 112 valence electrons. The molecule has 8 nitrogen and oxygen atoms in total. The highest BCUT2D eigenvalue weighted by Gasteiger charge is 2.51. The Morgan fingerprint density at radius 1 is 1.32 bits per heavy atom. The molecule has 2 aliphatic heterocycles. The SMILES string of the molecule is NC(=O)C1c2nn(-c3ccccc3)cc2[C@H]2CN1C(=O)N2O. The topological polar surface area (TPSA) is 105 Å². The molecule has 1 aromatic heterocycles. The van der Waals surface area contributed by atoms with E-state index in [1.807, 2.05) is 30.3 Å². The molecule has 1 unspecified atom stereocenters. The average Bonchev–Trinajstić information content (AvgIpc) is 3.06. The van der Waals surface area contributed by atoms with Crippen molar-refractivity contribution in [3.05, 3.63) is 47.8 Å². The molecular weight excluding hydrogens is 286 g/mol. The molecule has 1 aromatic carbocycles. The Bertz CT molecular complexity index is 772. The fourth-order valence-corrected chi connectivity index (χ4v) is 3.07. The average molecular weight is 299 g/mol. The third-order valence-corrected chi connectivity index (χ3v) is 4.10. The predicted molar refractivity (Wildman–Crippen MR) is 74.0 cm³/mol. The Morgan fingerprint density at radius 3 is 2.73 bits per heavy atom. The van der Waals surface area contributed by atoms with Crippen molar-refractivity contribution in [2.75, 3.05) is 6.54 Å². The minimum atomic E-state index is -0.958. The molecule has 1 fully saturated rings. The molecule has 0 radical (unpaired) electrons. The van der Waals surface area contributed by atoms with Crippen LogP contribution in [0.15, 0.2) is 36.5 Å². The predicted octanol–water partition coefficient (Wildman–Crippen LogP) is 0.580. The first-order valence-corrected chi connectivity index (χ1v) is 6.81. The van der Waals surface area contributed by atoms with Gasteiger partial charge in [-0.25, -0.2) is 9.48 Å². The van der Waals surface area contributed by atoms with Gasteiger partial charge in [0.1, 0.15) is 11.7 Å². The van der Waals surface area contributed by atoms with Crippen molar-refractivity contribution in [1.82, 2.24) is 19.7 Å². The number of urea groups is 1. The van der Waals surface area contributed by atoms with Crippen molar-refractivity contribution in [3.63, 3.8) is 0 Å². The number of amides is 3. The van der Waals surface area contributed by atoms with Gasteiger partial charge in [0.15, 0.2) is 6.04 Å². The van der Waals surface area contributed by atoms with Gasteiger partial charge >= 0.3 is 6.03 Å². The van der Waals surface area contributed by atoms with E-state index in [9.17, 15) is 14.8 Å². The summed E-state index contributed by atoms with van der Waals surface area (Å²) >= 11 is 0. The molecule has 0 saturated carbocycles. The van der Waals surface area contributed by atoms with Gasteiger partial charge in [-0.1, -0.05) is 18.2 Å². The molecule has 0 aliphatic carbocycles. The number of fused-ring (bicyclic) bond motifs is 4. The first kappa shape index (κ1) is 12.8. The fraction of sp³-hybridized carbons (Fsp3) is 0.214. The summed E-state index contributed by atoms with van der Waals surface area (Å²) in [6.45, 7) is 0.219. The molecule has 22 heavy (non-hydrogen) atoms. The Labute approximate surface area is 125 Å². The van der Waals surface area contributed by atoms with Gasteiger partial charge < -0.3 is 10.6 Å². The van der Waals surface area contributed by atoms with E-state index < -0.39 is 24.0 Å². The number of hydrogen-bond donors (Lipinski definition) is 2. The molecule has 2 aromatic rings. The Balaban J connectivity index is 1.87. The number of carbonyl (C=O) groups excluding carboxylic acids is 2. The van der Waals surface area contributed by atoms with Gasteiger partial charge in [0.05, 0.1) is 12.2 Å². The largest absolute Gasteiger partial charge is 0.368 e. The van der Waals surface area contributed by atoms with Crippen LogP contribution < -0.4 is 5.73 Å². The zero-order chi connectivity index (χ0) is 15.4. The van der Waals surface area contributed by atoms with Crippen LogP contribution in [-0.2, 0) is 4.79 Å². The van der Waals surface area contributed by atoms with E-state index >= 15 is 0 Å². The van der Waals surface area contributed by atoms with Gasteiger partial charge in [0.2, 0.25) is 5.91 Å². The van der Waals surface area contributed by atoms with E-state index in [0.29, 0.717) is 16.3 Å². The molecule has 8 heteroatoms. The number of hydroxylamine groups is 2. The number of primary amides is 1. The zero-order valence-electron chi connectivity index (χ0n) is 11.5. The Hall–Kier alpha value is -2.87. The quantitative estimate of drug-likeness (QED) is 0.791. The minimum Gasteiger partial charge on any atom is -0.368 e. The van der Waals surface area contributed by atoms with Crippen LogP contribution in [0.1, 0.15) is 23.3 Å². The van der Waals surface area contributed by atoms with E-state index in [-0.39, 0.29) is 6.54 Å². The number of benzene rings is 1. The summed E-state index contributed by atoms with van der Waals surface area (Å²) in [5.41, 5.74) is 7.31. The van der Waals surface area contributed by atoms with E-state index in [4.69, 9.17) is 5.73 Å². The van der Waals surface area contributed by atoms with Gasteiger partial charge in [0.25, 0.3) is 0 Å². The fourth-order valence-electron chi connectivity index (χ4n) is 3.07. The van der Waals surface area contributed by atoms with Crippen molar-refractivity contribution in [2.45, 2.75) is 12.1 Å². The first-order valence-electron chi connectivity index (χ1n) is 6.81. The van der Waals surface area contributed by atoms with Crippen molar-refractivity contribution in [3.8, 4) is 5.69 Å². The molecule has 2 bridgehead atoms. The lowest BCUT2D eigenvalue weighted by atomic mass is 9.98. The van der Waals surface area contributed by atoms with Crippen molar-refractivity contribution < 1.29 is 14.8 Å². The highest BCUT2D eigenvalue weighted by atomic mass is 16.5. The lowest BCUT2D eigenvalue weighted by molar-refractivity contribution is -0.122. The summed E-state index contributed by atoms with van der Waals surface area (Å²) in [6.07, 6.45) is 1.73. The first-order chi connectivity index (χ1) is 10.6. The van der Waals surface area contributed by atoms with Crippen LogP contribution in [-0.4, -0.2) is 43.4 Å². The third kappa shape index (κ3) is 1.58. The second kappa shape index (κ2) is 4.31. The van der Waals surface area contributed by atoms with Crippen LogP contribution in [0.4, 0.5) is 4.79 Å². The van der Waals surface area contributed by atoms with Crippen LogP contribution in [0, 0.1) is 0 Å². The maximum absolute atomic E-state index is 12.0. The summed E-state index contributed by atoms with van der Waals surface area (Å²) in [4.78, 5) is 25.0. The number of nitrogens with two attached hydrogens (primary N) is 1. The van der Waals surface area contributed by atoms with Crippen LogP contribution >= 0.6 is 0 Å². The van der Waals surface area contributed by atoms with Crippen molar-refractivity contribution in [1.29, 1.82) is 0 Å². The summed E-state index contributed by atoms with van der Waals surface area (Å²) in [5, 5.41) is 15.0. The van der Waals surface area contributed by atoms with Gasteiger partial charge in [0, 0.05) is 11.8 Å². The summed E-state index contributed by atoms with van der Waals surface area (Å²) in [6, 6.07) is 7.27. The highest BCUT2D eigenvalue weighted by Crippen LogP contribution is 2.42. The Morgan fingerprint density at radius 2 is 2.05 bits per heavy atom. The van der Waals surface area contributed by atoms with E-state index in [0.717, 1.165) is 5.69 Å². The van der Waals surface area contributed by atoms with Crippen molar-refractivity contribution in [2.24, 2.45) is 5.73 Å². The highest BCUT2D eigenvalue weighted by molar-refractivity contribution is 5.89. The normalized spacial score (nSPS) is 22.9. The van der Waals surface area contributed by atoms with Crippen LogP contribution in [0.5, 0.6) is 0 Å². The minimum absolute atomic E-state index is 0.219. The van der Waals surface area contributed by atoms with Crippen LogP contribution in [0.25, 0.3) is 5.69 Å². The van der Waals surface area contributed by atoms with Crippen LogP contribution in [0.3, 0.4) is 0 Å².